The molecule has 62 valence electrons. The van der Waals surface area contributed by atoms with Gasteiger partial charge in [-0.3, -0.25) is 0 Å². The molecule has 0 aliphatic rings. The van der Waals surface area contributed by atoms with Gasteiger partial charge in [-0.05, 0) is 30.2 Å². The summed E-state index contributed by atoms with van der Waals surface area (Å²) < 4.78 is 0. The molecule has 0 amide bonds. The average molecular weight is 181 g/mol. The first kappa shape index (κ1) is 8.89. The predicted octanol–water partition coefficient (Wildman–Crippen LogP) is 2.38. The summed E-state index contributed by atoms with van der Waals surface area (Å²) in [6.07, 6.45) is 1.14. The summed E-state index contributed by atoms with van der Waals surface area (Å²) in [5.74, 6) is 0. The minimum atomic E-state index is 0.475. The molecule has 0 aliphatic carbocycles. The summed E-state index contributed by atoms with van der Waals surface area (Å²) in [6.45, 7) is 0. The molecule has 2 N–H and O–H groups in total. The van der Waals surface area contributed by atoms with Crippen LogP contribution in [0.15, 0.2) is 18.2 Å². The number of aryl methyl sites for hydroxylation is 1. The molecule has 1 aromatic carbocycles. The first-order valence-electron chi connectivity index (χ1n) is 3.65. The minimum absolute atomic E-state index is 0.475. The van der Waals surface area contributed by atoms with E-state index in [1.54, 1.807) is 18.2 Å². The highest BCUT2D eigenvalue weighted by Gasteiger charge is 1.99. The lowest BCUT2D eigenvalue weighted by Gasteiger charge is -2.01. The molecule has 0 atom stereocenters. The monoisotopic (exact) mass is 180 g/mol. The summed E-state index contributed by atoms with van der Waals surface area (Å²) in [6, 6.07) is 7.37. The number of hydrogen-bond acceptors (Lipinski definition) is 2. The number of anilines is 1. The maximum Gasteiger partial charge on any atom is 0.0625 e. The van der Waals surface area contributed by atoms with Crippen LogP contribution in [-0.2, 0) is 6.42 Å². The van der Waals surface area contributed by atoms with Crippen molar-refractivity contribution in [1.29, 1.82) is 5.26 Å². The van der Waals surface area contributed by atoms with Gasteiger partial charge >= 0.3 is 0 Å². The third-order valence-corrected chi connectivity index (χ3v) is 1.94. The van der Waals surface area contributed by atoms with E-state index in [-0.39, 0.29) is 0 Å². The molecule has 0 heterocycles. The van der Waals surface area contributed by atoms with Crippen LogP contribution >= 0.6 is 11.6 Å². The van der Waals surface area contributed by atoms with Crippen molar-refractivity contribution in [2.75, 3.05) is 5.73 Å². The largest absolute Gasteiger partial charge is 0.399 e. The van der Waals surface area contributed by atoms with Gasteiger partial charge in [0.05, 0.1) is 6.07 Å². The fraction of sp³-hybridized carbons (Fsp3) is 0.222. The molecule has 0 spiro atoms. The third kappa shape index (κ3) is 2.14. The van der Waals surface area contributed by atoms with E-state index in [2.05, 4.69) is 6.07 Å². The Bertz CT molecular complexity index is 315. The lowest BCUT2D eigenvalue weighted by Crippen LogP contribution is -1.90. The Labute approximate surface area is 76.6 Å². The van der Waals surface area contributed by atoms with Crippen molar-refractivity contribution < 1.29 is 0 Å². The second-order valence-corrected chi connectivity index (χ2v) is 2.92. The molecular formula is C9H9ClN2. The Balaban J connectivity index is 2.84. The van der Waals surface area contributed by atoms with E-state index in [0.29, 0.717) is 23.6 Å². The SMILES string of the molecule is N#CCCc1cc(N)ccc1Cl. The molecular weight excluding hydrogens is 172 g/mol. The lowest BCUT2D eigenvalue weighted by molar-refractivity contribution is 1.01. The van der Waals surface area contributed by atoms with E-state index < -0.39 is 0 Å². The Morgan fingerprint density at radius 2 is 2.25 bits per heavy atom. The molecule has 3 heteroatoms. The Kier molecular flexibility index (Phi) is 2.95. The van der Waals surface area contributed by atoms with Gasteiger partial charge in [0.25, 0.3) is 0 Å². The predicted molar refractivity (Wildman–Crippen MR) is 49.8 cm³/mol. The van der Waals surface area contributed by atoms with E-state index in [9.17, 15) is 0 Å². The van der Waals surface area contributed by atoms with E-state index >= 15 is 0 Å². The maximum atomic E-state index is 8.36. The summed E-state index contributed by atoms with van der Waals surface area (Å²) in [5.41, 5.74) is 7.19. The topological polar surface area (TPSA) is 49.8 Å². The molecule has 0 aliphatic heterocycles. The first-order valence-corrected chi connectivity index (χ1v) is 4.02. The van der Waals surface area contributed by atoms with Crippen LogP contribution in [0.5, 0.6) is 0 Å². The van der Waals surface area contributed by atoms with Crippen LogP contribution in [-0.4, -0.2) is 0 Å². The number of nitrogens with two attached hydrogens (primary N) is 1. The molecule has 0 aromatic heterocycles. The fourth-order valence-corrected chi connectivity index (χ4v) is 1.19. The summed E-state index contributed by atoms with van der Waals surface area (Å²) in [5, 5.41) is 9.04. The second kappa shape index (κ2) is 3.99. The van der Waals surface area contributed by atoms with Crippen molar-refractivity contribution in [2.24, 2.45) is 0 Å². The van der Waals surface area contributed by atoms with Crippen molar-refractivity contribution in [2.45, 2.75) is 12.8 Å². The van der Waals surface area contributed by atoms with Crippen molar-refractivity contribution >= 4 is 17.3 Å². The average Bonchev–Trinajstić information content (AvgIpc) is 2.07. The number of nitriles is 1. The van der Waals surface area contributed by atoms with Gasteiger partial charge in [-0.1, -0.05) is 11.6 Å². The highest BCUT2D eigenvalue weighted by molar-refractivity contribution is 6.31. The first-order chi connectivity index (χ1) is 5.74. The smallest absolute Gasteiger partial charge is 0.0625 e. The summed E-state index contributed by atoms with van der Waals surface area (Å²) in [7, 11) is 0. The van der Waals surface area contributed by atoms with Crippen molar-refractivity contribution in [1.82, 2.24) is 0 Å². The van der Waals surface area contributed by atoms with Gasteiger partial charge in [0.2, 0.25) is 0 Å². The molecule has 0 radical (unpaired) electrons. The van der Waals surface area contributed by atoms with Crippen molar-refractivity contribution in [3.05, 3.63) is 28.8 Å². The van der Waals surface area contributed by atoms with Gasteiger partial charge in [-0.2, -0.15) is 5.26 Å². The molecule has 0 bridgehead atoms. The van der Waals surface area contributed by atoms with Crippen LogP contribution in [0, 0.1) is 11.3 Å². The molecule has 1 rings (SSSR count). The van der Waals surface area contributed by atoms with Crippen LogP contribution in [0.25, 0.3) is 0 Å². The Morgan fingerprint density at radius 1 is 1.50 bits per heavy atom. The van der Waals surface area contributed by atoms with Crippen LogP contribution in [0.4, 0.5) is 5.69 Å². The molecule has 2 nitrogen and oxygen atoms in total. The lowest BCUT2D eigenvalue weighted by atomic mass is 10.1. The van der Waals surface area contributed by atoms with Gasteiger partial charge in [-0.25, -0.2) is 0 Å². The summed E-state index contributed by atoms with van der Waals surface area (Å²) in [4.78, 5) is 0. The zero-order valence-electron chi connectivity index (χ0n) is 6.55. The Hall–Kier alpha value is -1.20. The highest BCUT2D eigenvalue weighted by atomic mass is 35.5. The van der Waals surface area contributed by atoms with Crippen LogP contribution < -0.4 is 5.73 Å². The zero-order valence-corrected chi connectivity index (χ0v) is 7.30. The number of rotatable bonds is 2. The number of nitrogen functional groups attached to an aromatic ring is 1. The molecule has 12 heavy (non-hydrogen) atoms. The molecule has 0 saturated carbocycles. The van der Waals surface area contributed by atoms with Gasteiger partial charge < -0.3 is 5.73 Å². The zero-order chi connectivity index (χ0) is 8.97. The van der Waals surface area contributed by atoms with Crippen LogP contribution in [0.2, 0.25) is 5.02 Å². The molecule has 1 aromatic rings. The third-order valence-electron chi connectivity index (χ3n) is 1.58. The molecule has 0 unspecified atom stereocenters. The number of benzene rings is 1. The van der Waals surface area contributed by atoms with Gasteiger partial charge in [0.1, 0.15) is 0 Å². The van der Waals surface area contributed by atoms with Crippen LogP contribution in [0.3, 0.4) is 0 Å². The molecule has 0 fully saturated rings. The van der Waals surface area contributed by atoms with Crippen molar-refractivity contribution in [3.8, 4) is 6.07 Å². The Morgan fingerprint density at radius 3 is 2.92 bits per heavy atom. The second-order valence-electron chi connectivity index (χ2n) is 2.51. The normalized spacial score (nSPS) is 9.33. The van der Waals surface area contributed by atoms with E-state index in [1.807, 2.05) is 0 Å². The van der Waals surface area contributed by atoms with Gasteiger partial charge in [0, 0.05) is 17.1 Å². The van der Waals surface area contributed by atoms with E-state index in [4.69, 9.17) is 22.6 Å². The van der Waals surface area contributed by atoms with Gasteiger partial charge in [0.15, 0.2) is 0 Å². The van der Waals surface area contributed by atoms with E-state index in [1.165, 1.54) is 0 Å². The standard InChI is InChI=1S/C9H9ClN2/c10-9-4-3-8(12)6-7(9)2-1-5-11/h3-4,6H,1-2,12H2. The minimum Gasteiger partial charge on any atom is -0.399 e. The van der Waals surface area contributed by atoms with Crippen LogP contribution in [0.1, 0.15) is 12.0 Å². The molecule has 0 saturated heterocycles. The quantitative estimate of drug-likeness (QED) is 0.711. The van der Waals surface area contributed by atoms with Gasteiger partial charge in [-0.15, -0.1) is 0 Å². The fourth-order valence-electron chi connectivity index (χ4n) is 0.977. The number of hydrogen-bond donors (Lipinski definition) is 1. The van der Waals surface area contributed by atoms with E-state index in [0.717, 1.165) is 5.56 Å². The highest BCUT2D eigenvalue weighted by Crippen LogP contribution is 2.19. The maximum absolute atomic E-state index is 8.36. The number of halogens is 1. The summed E-state index contributed by atoms with van der Waals surface area (Å²) >= 11 is 5.87. The number of nitrogens with zero attached hydrogens (tertiary/aromatic N) is 1. The van der Waals surface area contributed by atoms with Crippen molar-refractivity contribution in [3.63, 3.8) is 0 Å².